The third-order valence-electron chi connectivity index (χ3n) is 2.86. The third kappa shape index (κ3) is 2.08. The van der Waals surface area contributed by atoms with E-state index in [1.807, 2.05) is 24.3 Å². The number of pyridine rings is 1. The van der Waals surface area contributed by atoms with Crippen LogP contribution in [0.15, 0.2) is 42.6 Å². The maximum atomic E-state index is 11.7. The van der Waals surface area contributed by atoms with Gasteiger partial charge in [0.05, 0.1) is 12.7 Å². The van der Waals surface area contributed by atoms with Crippen LogP contribution in [0, 0.1) is 0 Å². The fraction of sp³-hybridized carbons (Fsp3) is 0.0667. The van der Waals surface area contributed by atoms with Crippen LogP contribution in [0.1, 0.15) is 21.6 Å². The molecule has 3 rings (SSSR count). The average Bonchev–Trinajstić information content (AvgIpc) is 2.76. The van der Waals surface area contributed by atoms with Crippen LogP contribution in [0.4, 0.5) is 0 Å². The van der Waals surface area contributed by atoms with Crippen LogP contribution in [0.25, 0.3) is 11.8 Å². The number of hydrogen-bond donors (Lipinski definition) is 0. The Hall–Kier alpha value is -2.62. The summed E-state index contributed by atoms with van der Waals surface area (Å²) in [7, 11) is 1.61. The van der Waals surface area contributed by atoms with Gasteiger partial charge in [0.2, 0.25) is 0 Å². The topological polar surface area (TPSA) is 48.4 Å². The number of nitrogens with zero attached hydrogens (tertiary/aromatic N) is 1. The molecular formula is C15H11NO3. The highest BCUT2D eigenvalue weighted by molar-refractivity contribution is 6.04. The van der Waals surface area contributed by atoms with Crippen LogP contribution in [0.2, 0.25) is 0 Å². The Morgan fingerprint density at radius 3 is 3.00 bits per heavy atom. The largest absolute Gasteiger partial charge is 0.497 e. The number of methoxy groups -OCH3 is 1. The van der Waals surface area contributed by atoms with Crippen molar-refractivity contribution in [3.05, 3.63) is 59.4 Å². The average molecular weight is 253 g/mol. The number of esters is 1. The summed E-state index contributed by atoms with van der Waals surface area (Å²) >= 11 is 0. The molecule has 0 radical (unpaired) electrons. The van der Waals surface area contributed by atoms with Crippen molar-refractivity contribution in [1.29, 1.82) is 0 Å². The minimum Gasteiger partial charge on any atom is -0.497 e. The van der Waals surface area contributed by atoms with Crippen LogP contribution in [0.3, 0.4) is 0 Å². The highest BCUT2D eigenvalue weighted by Crippen LogP contribution is 2.29. The SMILES string of the molecule is COc1cccc(/C=C2\OC(=O)c3cccnc32)c1. The number of carbonyl (C=O) groups excluding carboxylic acids is 1. The normalized spacial score (nSPS) is 15.2. The zero-order chi connectivity index (χ0) is 13.2. The van der Waals surface area contributed by atoms with E-state index >= 15 is 0 Å². The number of aromatic nitrogens is 1. The first-order valence-corrected chi connectivity index (χ1v) is 5.81. The van der Waals surface area contributed by atoms with Gasteiger partial charge in [0.25, 0.3) is 0 Å². The molecule has 0 fully saturated rings. The van der Waals surface area contributed by atoms with E-state index < -0.39 is 0 Å². The molecule has 1 aromatic heterocycles. The lowest BCUT2D eigenvalue weighted by Crippen LogP contribution is -1.92. The minimum atomic E-state index is -0.364. The van der Waals surface area contributed by atoms with Crippen molar-refractivity contribution >= 4 is 17.8 Å². The van der Waals surface area contributed by atoms with Crippen LogP contribution in [-0.2, 0) is 4.74 Å². The number of hydrogen-bond acceptors (Lipinski definition) is 4. The summed E-state index contributed by atoms with van der Waals surface area (Å²) in [6, 6.07) is 10.9. The van der Waals surface area contributed by atoms with E-state index in [0.717, 1.165) is 11.3 Å². The van der Waals surface area contributed by atoms with Crippen LogP contribution in [0.5, 0.6) is 5.75 Å². The van der Waals surface area contributed by atoms with Crippen molar-refractivity contribution in [1.82, 2.24) is 4.98 Å². The summed E-state index contributed by atoms with van der Waals surface area (Å²) in [6.45, 7) is 0. The Kier molecular flexibility index (Phi) is 2.76. The predicted molar refractivity (Wildman–Crippen MR) is 70.5 cm³/mol. The summed E-state index contributed by atoms with van der Waals surface area (Å²) in [5.41, 5.74) is 1.97. The number of carbonyl (C=O) groups is 1. The van der Waals surface area contributed by atoms with Crippen molar-refractivity contribution in [2.45, 2.75) is 0 Å². The molecule has 0 amide bonds. The molecule has 0 N–H and O–H groups in total. The number of rotatable bonds is 2. The molecule has 1 aliphatic rings. The fourth-order valence-corrected chi connectivity index (χ4v) is 1.95. The molecule has 2 aromatic rings. The van der Waals surface area contributed by atoms with Crippen molar-refractivity contribution in [3.63, 3.8) is 0 Å². The Labute approximate surface area is 110 Å². The first-order chi connectivity index (χ1) is 9.28. The second kappa shape index (κ2) is 4.57. The molecule has 0 aliphatic carbocycles. The van der Waals surface area contributed by atoms with E-state index in [-0.39, 0.29) is 5.97 Å². The van der Waals surface area contributed by atoms with E-state index in [1.54, 1.807) is 31.5 Å². The summed E-state index contributed by atoms with van der Waals surface area (Å²) in [4.78, 5) is 15.8. The Morgan fingerprint density at radius 1 is 1.26 bits per heavy atom. The van der Waals surface area contributed by atoms with E-state index in [0.29, 0.717) is 17.0 Å². The van der Waals surface area contributed by atoms with Gasteiger partial charge in [-0.25, -0.2) is 4.79 Å². The molecule has 2 heterocycles. The highest BCUT2D eigenvalue weighted by Gasteiger charge is 2.27. The maximum Gasteiger partial charge on any atom is 0.345 e. The van der Waals surface area contributed by atoms with Crippen LogP contribution >= 0.6 is 0 Å². The van der Waals surface area contributed by atoms with E-state index in [9.17, 15) is 4.79 Å². The Bertz CT molecular complexity index is 677. The van der Waals surface area contributed by atoms with Crippen molar-refractivity contribution in [3.8, 4) is 5.75 Å². The van der Waals surface area contributed by atoms with Crippen molar-refractivity contribution in [2.24, 2.45) is 0 Å². The molecule has 4 heteroatoms. The lowest BCUT2D eigenvalue weighted by atomic mass is 10.1. The molecule has 0 bridgehead atoms. The zero-order valence-corrected chi connectivity index (χ0v) is 10.3. The summed E-state index contributed by atoms with van der Waals surface area (Å²) in [5, 5.41) is 0. The van der Waals surface area contributed by atoms with Gasteiger partial charge in [-0.3, -0.25) is 4.98 Å². The van der Waals surface area contributed by atoms with Crippen LogP contribution < -0.4 is 4.74 Å². The van der Waals surface area contributed by atoms with Crippen molar-refractivity contribution in [2.75, 3.05) is 7.11 Å². The van der Waals surface area contributed by atoms with E-state index in [4.69, 9.17) is 9.47 Å². The van der Waals surface area contributed by atoms with Crippen molar-refractivity contribution < 1.29 is 14.3 Å². The van der Waals surface area contributed by atoms with Gasteiger partial charge < -0.3 is 9.47 Å². The molecule has 19 heavy (non-hydrogen) atoms. The molecule has 0 unspecified atom stereocenters. The van der Waals surface area contributed by atoms with E-state index in [2.05, 4.69) is 4.98 Å². The number of benzene rings is 1. The molecule has 0 saturated heterocycles. The molecule has 94 valence electrons. The lowest BCUT2D eigenvalue weighted by Gasteiger charge is -2.01. The first kappa shape index (κ1) is 11.5. The van der Waals surface area contributed by atoms with Gasteiger partial charge in [-0.15, -0.1) is 0 Å². The smallest absolute Gasteiger partial charge is 0.345 e. The number of cyclic esters (lactones) is 1. The molecule has 0 spiro atoms. The fourth-order valence-electron chi connectivity index (χ4n) is 1.95. The number of ether oxygens (including phenoxy) is 2. The molecule has 0 saturated carbocycles. The second-order valence-corrected chi connectivity index (χ2v) is 4.07. The summed E-state index contributed by atoms with van der Waals surface area (Å²) in [5.74, 6) is 0.853. The van der Waals surface area contributed by atoms with Gasteiger partial charge in [0, 0.05) is 6.20 Å². The predicted octanol–water partition coefficient (Wildman–Crippen LogP) is 2.76. The first-order valence-electron chi connectivity index (χ1n) is 5.81. The Balaban J connectivity index is 2.03. The molecule has 1 aliphatic heterocycles. The zero-order valence-electron chi connectivity index (χ0n) is 10.3. The summed E-state index contributed by atoms with van der Waals surface area (Å²) in [6.07, 6.45) is 3.42. The lowest BCUT2D eigenvalue weighted by molar-refractivity contribution is 0.0717. The quantitative estimate of drug-likeness (QED) is 0.772. The minimum absolute atomic E-state index is 0.364. The van der Waals surface area contributed by atoms with Crippen LogP contribution in [-0.4, -0.2) is 18.1 Å². The maximum absolute atomic E-state index is 11.7. The van der Waals surface area contributed by atoms with Gasteiger partial charge >= 0.3 is 5.97 Å². The summed E-state index contributed by atoms with van der Waals surface area (Å²) < 4.78 is 10.4. The van der Waals surface area contributed by atoms with Gasteiger partial charge in [-0.2, -0.15) is 0 Å². The molecule has 4 nitrogen and oxygen atoms in total. The molecule has 1 aromatic carbocycles. The molecule has 0 atom stereocenters. The second-order valence-electron chi connectivity index (χ2n) is 4.07. The van der Waals surface area contributed by atoms with Gasteiger partial charge in [0.15, 0.2) is 5.76 Å². The Morgan fingerprint density at radius 2 is 2.16 bits per heavy atom. The highest BCUT2D eigenvalue weighted by atomic mass is 16.5. The van der Waals surface area contributed by atoms with Gasteiger partial charge in [-0.1, -0.05) is 12.1 Å². The number of fused-ring (bicyclic) bond motifs is 1. The van der Waals surface area contributed by atoms with Gasteiger partial charge in [0.1, 0.15) is 11.4 Å². The van der Waals surface area contributed by atoms with Gasteiger partial charge in [-0.05, 0) is 35.9 Å². The standard InChI is InChI=1S/C15H11NO3/c1-18-11-5-2-4-10(8-11)9-13-14-12(15(17)19-13)6-3-7-16-14/h2-9H,1H3/b13-9-. The van der Waals surface area contributed by atoms with E-state index in [1.165, 1.54) is 0 Å². The third-order valence-corrected chi connectivity index (χ3v) is 2.86. The monoisotopic (exact) mass is 253 g/mol. The molecular weight excluding hydrogens is 242 g/mol.